The van der Waals surface area contributed by atoms with Gasteiger partial charge in [-0.25, -0.2) is 0 Å². The zero-order valence-corrected chi connectivity index (χ0v) is 11.9. The van der Waals surface area contributed by atoms with Crippen LogP contribution in [0.25, 0.3) is 0 Å². The Bertz CT molecular complexity index is 181. The summed E-state index contributed by atoms with van der Waals surface area (Å²) in [4.78, 5) is 2.38. The van der Waals surface area contributed by atoms with Gasteiger partial charge in [0.05, 0.1) is 6.61 Å². The summed E-state index contributed by atoms with van der Waals surface area (Å²) in [5.74, 6) is 0. The lowest BCUT2D eigenvalue weighted by molar-refractivity contribution is 0.109. The third kappa shape index (κ3) is 6.39. The highest BCUT2D eigenvalue weighted by molar-refractivity contribution is 4.75. The second-order valence-corrected chi connectivity index (χ2v) is 5.27. The molecule has 0 bridgehead atoms. The molecule has 0 heterocycles. The molecule has 0 amide bonds. The van der Waals surface area contributed by atoms with Gasteiger partial charge in [0.1, 0.15) is 0 Å². The van der Waals surface area contributed by atoms with Gasteiger partial charge in [-0.1, -0.05) is 19.3 Å². The van der Waals surface area contributed by atoms with Gasteiger partial charge in [0.15, 0.2) is 0 Å². The lowest BCUT2D eigenvalue weighted by atomic mass is 9.95. The molecule has 3 heteroatoms. The van der Waals surface area contributed by atoms with Crippen molar-refractivity contribution in [2.45, 2.75) is 58.0 Å². The Balaban J connectivity index is 2.07. The van der Waals surface area contributed by atoms with Crippen molar-refractivity contribution in [3.8, 4) is 0 Å². The summed E-state index contributed by atoms with van der Waals surface area (Å²) >= 11 is 0. The standard InChI is InChI=1S/C14H30N2O/c1-4-17-11-10-16(3)13(2)12-15-14-8-6-5-7-9-14/h13-15H,4-12H2,1-3H3. The number of nitrogens with zero attached hydrogens (tertiary/aromatic N) is 1. The van der Waals surface area contributed by atoms with Crippen LogP contribution >= 0.6 is 0 Å². The van der Waals surface area contributed by atoms with Crippen LogP contribution in [0.1, 0.15) is 46.0 Å². The lowest BCUT2D eigenvalue weighted by Gasteiger charge is -2.29. The van der Waals surface area contributed by atoms with Gasteiger partial charge in [-0.05, 0) is 33.7 Å². The van der Waals surface area contributed by atoms with E-state index >= 15 is 0 Å². The molecule has 1 unspecified atom stereocenters. The Hall–Kier alpha value is -0.120. The van der Waals surface area contributed by atoms with Crippen molar-refractivity contribution in [3.05, 3.63) is 0 Å². The summed E-state index contributed by atoms with van der Waals surface area (Å²) in [5, 5.41) is 3.71. The van der Waals surface area contributed by atoms with E-state index in [0.29, 0.717) is 6.04 Å². The summed E-state index contributed by atoms with van der Waals surface area (Å²) in [6.45, 7) is 8.15. The van der Waals surface area contributed by atoms with Gasteiger partial charge >= 0.3 is 0 Å². The summed E-state index contributed by atoms with van der Waals surface area (Å²) in [6, 6.07) is 1.36. The van der Waals surface area contributed by atoms with Gasteiger partial charge in [0.2, 0.25) is 0 Å². The second-order valence-electron chi connectivity index (χ2n) is 5.27. The SMILES string of the molecule is CCOCCN(C)C(C)CNC1CCCCC1. The van der Waals surface area contributed by atoms with Gasteiger partial charge in [-0.3, -0.25) is 0 Å². The van der Waals surface area contributed by atoms with Gasteiger partial charge < -0.3 is 15.0 Å². The fourth-order valence-electron chi connectivity index (χ4n) is 2.37. The molecular formula is C14H30N2O. The quantitative estimate of drug-likeness (QED) is 0.661. The Morgan fingerprint density at radius 2 is 2.00 bits per heavy atom. The molecule has 0 aromatic rings. The Labute approximate surface area is 107 Å². The highest BCUT2D eigenvalue weighted by Crippen LogP contribution is 2.17. The van der Waals surface area contributed by atoms with E-state index in [9.17, 15) is 0 Å². The highest BCUT2D eigenvalue weighted by atomic mass is 16.5. The molecule has 1 aliphatic carbocycles. The topological polar surface area (TPSA) is 24.5 Å². The first-order valence-electron chi connectivity index (χ1n) is 7.25. The summed E-state index contributed by atoms with van der Waals surface area (Å²) in [7, 11) is 2.19. The van der Waals surface area contributed by atoms with Crippen molar-refractivity contribution in [1.29, 1.82) is 0 Å². The predicted molar refractivity (Wildman–Crippen MR) is 73.5 cm³/mol. The molecule has 1 fully saturated rings. The number of likely N-dealkylation sites (N-methyl/N-ethyl adjacent to an activating group) is 1. The summed E-state index contributed by atoms with van der Waals surface area (Å²) in [6.07, 6.45) is 6.99. The maximum absolute atomic E-state index is 5.39. The fraction of sp³-hybridized carbons (Fsp3) is 1.00. The molecule has 1 rings (SSSR count). The van der Waals surface area contributed by atoms with Crippen LogP contribution in [0.15, 0.2) is 0 Å². The first-order valence-corrected chi connectivity index (χ1v) is 7.25. The Morgan fingerprint density at radius 3 is 2.65 bits per heavy atom. The van der Waals surface area contributed by atoms with Gasteiger partial charge in [0, 0.05) is 31.8 Å². The van der Waals surface area contributed by atoms with E-state index in [2.05, 4.69) is 24.2 Å². The van der Waals surface area contributed by atoms with Crippen molar-refractivity contribution in [1.82, 2.24) is 10.2 Å². The second kappa shape index (κ2) is 8.90. The number of nitrogens with one attached hydrogen (secondary N) is 1. The van der Waals surface area contributed by atoms with Crippen LogP contribution in [0.4, 0.5) is 0 Å². The third-order valence-electron chi connectivity index (χ3n) is 3.85. The largest absolute Gasteiger partial charge is 0.380 e. The van der Waals surface area contributed by atoms with E-state index in [0.717, 1.165) is 32.3 Å². The number of ether oxygens (including phenoxy) is 1. The number of rotatable bonds is 8. The smallest absolute Gasteiger partial charge is 0.0593 e. The molecule has 102 valence electrons. The Kier molecular flexibility index (Phi) is 7.82. The van der Waals surface area contributed by atoms with Crippen molar-refractivity contribution in [2.24, 2.45) is 0 Å². The lowest BCUT2D eigenvalue weighted by Crippen LogP contribution is -2.43. The van der Waals surface area contributed by atoms with Gasteiger partial charge in [-0.2, -0.15) is 0 Å². The van der Waals surface area contributed by atoms with E-state index in [1.54, 1.807) is 0 Å². The van der Waals surface area contributed by atoms with Crippen LogP contribution < -0.4 is 5.32 Å². The molecule has 1 saturated carbocycles. The van der Waals surface area contributed by atoms with Crippen molar-refractivity contribution in [3.63, 3.8) is 0 Å². The number of hydrogen-bond donors (Lipinski definition) is 1. The maximum Gasteiger partial charge on any atom is 0.0593 e. The zero-order chi connectivity index (χ0) is 12.5. The average molecular weight is 242 g/mol. The summed E-state index contributed by atoms with van der Waals surface area (Å²) in [5.41, 5.74) is 0. The van der Waals surface area contributed by atoms with Crippen LogP contribution in [-0.4, -0.2) is 50.3 Å². The highest BCUT2D eigenvalue weighted by Gasteiger charge is 2.15. The van der Waals surface area contributed by atoms with E-state index in [1.165, 1.54) is 32.1 Å². The average Bonchev–Trinajstić information content (AvgIpc) is 2.37. The molecule has 17 heavy (non-hydrogen) atoms. The normalized spacial score (nSPS) is 19.8. The monoisotopic (exact) mass is 242 g/mol. The summed E-state index contributed by atoms with van der Waals surface area (Å²) < 4.78 is 5.39. The molecule has 0 radical (unpaired) electrons. The molecule has 0 aromatic heterocycles. The van der Waals surface area contributed by atoms with E-state index in [-0.39, 0.29) is 0 Å². The van der Waals surface area contributed by atoms with Crippen molar-refractivity contribution >= 4 is 0 Å². The molecule has 0 saturated heterocycles. The molecule has 0 spiro atoms. The molecule has 1 N–H and O–H groups in total. The van der Waals surface area contributed by atoms with Gasteiger partial charge in [-0.15, -0.1) is 0 Å². The zero-order valence-electron chi connectivity index (χ0n) is 11.9. The fourth-order valence-corrected chi connectivity index (χ4v) is 2.37. The van der Waals surface area contributed by atoms with Crippen LogP contribution in [-0.2, 0) is 4.74 Å². The van der Waals surface area contributed by atoms with Crippen LogP contribution in [0.2, 0.25) is 0 Å². The first-order chi connectivity index (χ1) is 8.24. The third-order valence-corrected chi connectivity index (χ3v) is 3.85. The minimum atomic E-state index is 0.595. The molecule has 1 atom stereocenters. The molecular weight excluding hydrogens is 212 g/mol. The predicted octanol–water partition coefficient (Wildman–Crippen LogP) is 2.27. The van der Waals surface area contributed by atoms with Crippen LogP contribution in [0, 0.1) is 0 Å². The van der Waals surface area contributed by atoms with E-state index in [4.69, 9.17) is 4.74 Å². The minimum Gasteiger partial charge on any atom is -0.380 e. The number of hydrogen-bond acceptors (Lipinski definition) is 3. The van der Waals surface area contributed by atoms with Crippen LogP contribution in [0.3, 0.4) is 0 Å². The Morgan fingerprint density at radius 1 is 1.29 bits per heavy atom. The molecule has 0 aromatic carbocycles. The van der Waals surface area contributed by atoms with Gasteiger partial charge in [0.25, 0.3) is 0 Å². The molecule has 0 aliphatic heterocycles. The molecule has 3 nitrogen and oxygen atoms in total. The van der Waals surface area contributed by atoms with Crippen LogP contribution in [0.5, 0.6) is 0 Å². The van der Waals surface area contributed by atoms with Crippen molar-refractivity contribution < 1.29 is 4.74 Å². The first kappa shape index (κ1) is 14.9. The maximum atomic E-state index is 5.39. The van der Waals surface area contributed by atoms with E-state index in [1.807, 2.05) is 6.92 Å². The minimum absolute atomic E-state index is 0.595. The van der Waals surface area contributed by atoms with Crippen molar-refractivity contribution in [2.75, 3.05) is 33.4 Å². The van der Waals surface area contributed by atoms with E-state index < -0.39 is 0 Å². The molecule has 1 aliphatic rings.